The number of thioether (sulfide) groups is 1. The van der Waals surface area contributed by atoms with Crippen molar-refractivity contribution in [2.45, 2.75) is 31.1 Å². The maximum Gasteiger partial charge on any atom is 0.191 e. The molecule has 1 aromatic carbocycles. The van der Waals surface area contributed by atoms with Crippen LogP contribution in [0.4, 0.5) is 0 Å². The van der Waals surface area contributed by atoms with Gasteiger partial charge in [0.25, 0.3) is 0 Å². The maximum absolute atomic E-state index is 5.15. The van der Waals surface area contributed by atoms with E-state index in [9.17, 15) is 0 Å². The molecule has 0 spiro atoms. The van der Waals surface area contributed by atoms with Crippen LogP contribution in [0, 0.1) is 0 Å². The Bertz CT molecular complexity index is 596. The van der Waals surface area contributed by atoms with Crippen molar-refractivity contribution < 1.29 is 4.74 Å². The zero-order chi connectivity index (χ0) is 15.9. The van der Waals surface area contributed by atoms with Gasteiger partial charge in [0.15, 0.2) is 5.16 Å². The minimum Gasteiger partial charge on any atom is -0.384 e. The third kappa shape index (κ3) is 4.56. The van der Waals surface area contributed by atoms with Crippen LogP contribution in [-0.2, 0) is 17.8 Å². The first-order valence-corrected chi connectivity index (χ1v) is 9.15. The first kappa shape index (κ1) is 16.5. The molecule has 0 N–H and O–H groups in total. The van der Waals surface area contributed by atoms with Gasteiger partial charge in [-0.05, 0) is 31.5 Å². The van der Waals surface area contributed by atoms with Crippen LogP contribution in [-0.4, -0.2) is 52.2 Å². The second kappa shape index (κ2) is 8.47. The minimum atomic E-state index is 0.727. The molecule has 1 aliphatic heterocycles. The maximum atomic E-state index is 5.15. The van der Waals surface area contributed by atoms with Crippen molar-refractivity contribution >= 4 is 11.8 Å². The summed E-state index contributed by atoms with van der Waals surface area (Å²) < 4.78 is 7.41. The summed E-state index contributed by atoms with van der Waals surface area (Å²) >= 11 is 1.72. The molecule has 124 valence electrons. The fourth-order valence-corrected chi connectivity index (χ4v) is 3.68. The number of nitrogens with zero attached hydrogens (tertiary/aromatic N) is 4. The number of methoxy groups -OCH3 is 1. The molecule has 0 bridgehead atoms. The molecule has 0 unspecified atom stereocenters. The molecule has 1 fully saturated rings. The van der Waals surface area contributed by atoms with Gasteiger partial charge in [0.05, 0.1) is 19.7 Å². The highest BCUT2D eigenvalue weighted by atomic mass is 32.2. The Morgan fingerprint density at radius 1 is 1.09 bits per heavy atom. The summed E-state index contributed by atoms with van der Waals surface area (Å²) in [7, 11) is 1.73. The van der Waals surface area contributed by atoms with Crippen LogP contribution in [0.15, 0.2) is 35.5 Å². The average Bonchev–Trinajstić information content (AvgIpc) is 3.21. The topological polar surface area (TPSA) is 43.2 Å². The molecule has 2 heterocycles. The number of benzene rings is 1. The largest absolute Gasteiger partial charge is 0.384 e. The van der Waals surface area contributed by atoms with Crippen LogP contribution < -0.4 is 0 Å². The van der Waals surface area contributed by atoms with Crippen LogP contribution in [0.25, 0.3) is 0 Å². The van der Waals surface area contributed by atoms with Gasteiger partial charge in [0, 0.05) is 12.9 Å². The Morgan fingerprint density at radius 3 is 2.61 bits per heavy atom. The number of rotatable bonds is 8. The summed E-state index contributed by atoms with van der Waals surface area (Å²) in [5.41, 5.74) is 1.28. The number of aromatic nitrogens is 3. The first-order chi connectivity index (χ1) is 11.4. The average molecular weight is 332 g/mol. The van der Waals surface area contributed by atoms with Crippen molar-refractivity contribution in [2.24, 2.45) is 0 Å². The van der Waals surface area contributed by atoms with Gasteiger partial charge in [-0.3, -0.25) is 4.90 Å². The van der Waals surface area contributed by atoms with Crippen LogP contribution in [0.1, 0.15) is 24.2 Å². The SMILES string of the molecule is COCCSc1nnc(CN2CCCC2)n1Cc1ccccc1. The van der Waals surface area contributed by atoms with E-state index in [0.717, 1.165) is 36.4 Å². The number of hydrogen-bond donors (Lipinski definition) is 0. The molecule has 3 rings (SSSR count). The Kier molecular flexibility index (Phi) is 6.07. The van der Waals surface area contributed by atoms with E-state index in [0.29, 0.717) is 0 Å². The third-order valence-electron chi connectivity index (χ3n) is 4.06. The first-order valence-electron chi connectivity index (χ1n) is 8.17. The van der Waals surface area contributed by atoms with Crippen LogP contribution >= 0.6 is 11.8 Å². The lowest BCUT2D eigenvalue weighted by molar-refractivity contribution is 0.218. The molecule has 0 radical (unpaired) electrons. The third-order valence-corrected chi connectivity index (χ3v) is 4.99. The summed E-state index contributed by atoms with van der Waals surface area (Å²) in [6, 6.07) is 10.5. The fraction of sp³-hybridized carbons (Fsp3) is 0.529. The van der Waals surface area contributed by atoms with Gasteiger partial charge in [-0.1, -0.05) is 42.1 Å². The lowest BCUT2D eigenvalue weighted by Crippen LogP contribution is -2.21. The van der Waals surface area contributed by atoms with E-state index in [1.165, 1.54) is 31.5 Å². The van der Waals surface area contributed by atoms with E-state index in [-0.39, 0.29) is 0 Å². The van der Waals surface area contributed by atoms with Gasteiger partial charge in [0.1, 0.15) is 5.82 Å². The molecule has 0 amide bonds. The Balaban J connectivity index is 1.77. The molecule has 5 nitrogen and oxygen atoms in total. The number of ether oxygens (including phenoxy) is 1. The Hall–Kier alpha value is -1.37. The normalized spacial score (nSPS) is 15.3. The van der Waals surface area contributed by atoms with Gasteiger partial charge in [-0.25, -0.2) is 0 Å². The summed E-state index contributed by atoms with van der Waals surface area (Å²) in [4.78, 5) is 2.47. The standard InChI is InChI=1S/C17H24N4OS/c1-22-11-12-23-17-19-18-16(14-20-9-5-6-10-20)21(17)13-15-7-3-2-4-8-15/h2-4,7-8H,5-6,9-14H2,1H3. The molecule has 1 aromatic heterocycles. The smallest absolute Gasteiger partial charge is 0.191 e. The van der Waals surface area contributed by atoms with E-state index >= 15 is 0 Å². The quantitative estimate of drug-likeness (QED) is 0.549. The molecule has 23 heavy (non-hydrogen) atoms. The van der Waals surface area contributed by atoms with Crippen molar-refractivity contribution in [1.29, 1.82) is 0 Å². The predicted molar refractivity (Wildman–Crippen MR) is 92.7 cm³/mol. The lowest BCUT2D eigenvalue weighted by Gasteiger charge is -2.16. The summed E-state index contributed by atoms with van der Waals surface area (Å²) in [6.45, 7) is 4.79. The Morgan fingerprint density at radius 2 is 1.87 bits per heavy atom. The summed E-state index contributed by atoms with van der Waals surface area (Å²) in [6.07, 6.45) is 2.59. The Labute approximate surface area is 142 Å². The van der Waals surface area contributed by atoms with Gasteiger partial charge >= 0.3 is 0 Å². The molecular weight excluding hydrogens is 308 g/mol. The number of hydrogen-bond acceptors (Lipinski definition) is 5. The summed E-state index contributed by atoms with van der Waals surface area (Å²) in [5, 5.41) is 9.87. The van der Waals surface area contributed by atoms with Gasteiger partial charge in [-0.15, -0.1) is 10.2 Å². The van der Waals surface area contributed by atoms with Crippen molar-refractivity contribution in [3.63, 3.8) is 0 Å². The monoisotopic (exact) mass is 332 g/mol. The van der Waals surface area contributed by atoms with Crippen LogP contribution in [0.5, 0.6) is 0 Å². The van der Waals surface area contributed by atoms with Crippen LogP contribution in [0.3, 0.4) is 0 Å². The highest BCUT2D eigenvalue weighted by Gasteiger charge is 2.18. The second-order valence-corrected chi connectivity index (χ2v) is 6.86. The molecule has 0 atom stereocenters. The van der Waals surface area contributed by atoms with Crippen molar-refractivity contribution in [3.8, 4) is 0 Å². The van der Waals surface area contributed by atoms with Crippen molar-refractivity contribution in [2.75, 3.05) is 32.6 Å². The van der Waals surface area contributed by atoms with Gasteiger partial charge < -0.3 is 9.30 Å². The van der Waals surface area contributed by atoms with E-state index in [1.807, 2.05) is 0 Å². The molecular formula is C17H24N4OS. The highest BCUT2D eigenvalue weighted by molar-refractivity contribution is 7.99. The molecule has 1 saturated heterocycles. The van der Waals surface area contributed by atoms with Crippen LogP contribution in [0.2, 0.25) is 0 Å². The molecule has 1 aliphatic rings. The van der Waals surface area contributed by atoms with E-state index in [1.54, 1.807) is 18.9 Å². The van der Waals surface area contributed by atoms with Gasteiger partial charge in [-0.2, -0.15) is 0 Å². The van der Waals surface area contributed by atoms with Crippen molar-refractivity contribution in [3.05, 3.63) is 41.7 Å². The zero-order valence-corrected chi connectivity index (χ0v) is 14.5. The molecule has 6 heteroatoms. The van der Waals surface area contributed by atoms with Crippen molar-refractivity contribution in [1.82, 2.24) is 19.7 Å². The highest BCUT2D eigenvalue weighted by Crippen LogP contribution is 2.20. The lowest BCUT2D eigenvalue weighted by atomic mass is 10.2. The minimum absolute atomic E-state index is 0.727. The predicted octanol–water partition coefficient (Wildman–Crippen LogP) is 2.66. The molecule has 0 saturated carbocycles. The fourth-order valence-electron chi connectivity index (χ4n) is 2.82. The summed E-state index contributed by atoms with van der Waals surface area (Å²) in [5.74, 6) is 1.96. The second-order valence-electron chi connectivity index (χ2n) is 5.80. The van der Waals surface area contributed by atoms with Gasteiger partial charge in [0.2, 0.25) is 0 Å². The number of likely N-dealkylation sites (tertiary alicyclic amines) is 1. The van der Waals surface area contributed by atoms with E-state index < -0.39 is 0 Å². The van der Waals surface area contributed by atoms with E-state index in [4.69, 9.17) is 4.74 Å². The van der Waals surface area contributed by atoms with E-state index in [2.05, 4.69) is 50.0 Å². The zero-order valence-electron chi connectivity index (χ0n) is 13.6. The molecule has 0 aliphatic carbocycles. The molecule has 2 aromatic rings.